The fraction of sp³-hybridized carbons (Fsp3) is 0.429. The highest BCUT2D eigenvalue weighted by Crippen LogP contribution is 2.17. The fourth-order valence-electron chi connectivity index (χ4n) is 1.74. The molecule has 0 unspecified atom stereocenters. The van der Waals surface area contributed by atoms with E-state index >= 15 is 0 Å². The van der Waals surface area contributed by atoms with Gasteiger partial charge >= 0.3 is 5.97 Å². The van der Waals surface area contributed by atoms with Crippen molar-refractivity contribution in [2.45, 2.75) is 19.4 Å². The molecular weight excluding hydrogens is 278 g/mol. The molecule has 1 aromatic rings. The molecule has 0 bridgehead atoms. The third-order valence-corrected chi connectivity index (χ3v) is 3.28. The number of hydrogen-bond acceptors (Lipinski definition) is 4. The highest BCUT2D eigenvalue weighted by Gasteiger charge is 2.09. The molecule has 20 heavy (non-hydrogen) atoms. The van der Waals surface area contributed by atoms with Crippen LogP contribution in [-0.4, -0.2) is 36.1 Å². The molecule has 110 valence electrons. The number of rotatable bonds is 8. The van der Waals surface area contributed by atoms with Crippen molar-refractivity contribution in [3.63, 3.8) is 0 Å². The van der Waals surface area contributed by atoms with E-state index in [0.717, 1.165) is 12.2 Å². The largest absolute Gasteiger partial charge is 0.478 e. The SMILES string of the molecule is COCc1cc(NC(=O)CCCSC)cc(C(=O)O)c1. The number of amides is 1. The Kier molecular flexibility index (Phi) is 7.11. The molecular formula is C14H19NO4S. The minimum atomic E-state index is -1.03. The Labute approximate surface area is 122 Å². The first-order valence-corrected chi connectivity index (χ1v) is 7.61. The molecule has 0 aliphatic carbocycles. The van der Waals surface area contributed by atoms with E-state index < -0.39 is 5.97 Å². The average Bonchev–Trinajstić information content (AvgIpc) is 2.39. The minimum Gasteiger partial charge on any atom is -0.478 e. The number of aromatic carboxylic acids is 1. The van der Waals surface area contributed by atoms with Crippen LogP contribution in [0.15, 0.2) is 18.2 Å². The molecule has 1 aromatic carbocycles. The van der Waals surface area contributed by atoms with E-state index in [4.69, 9.17) is 9.84 Å². The Morgan fingerprint density at radius 1 is 1.35 bits per heavy atom. The smallest absolute Gasteiger partial charge is 0.335 e. The van der Waals surface area contributed by atoms with E-state index in [2.05, 4.69) is 5.32 Å². The Morgan fingerprint density at radius 3 is 2.70 bits per heavy atom. The molecule has 0 radical (unpaired) electrons. The molecule has 0 heterocycles. The predicted molar refractivity (Wildman–Crippen MR) is 80.4 cm³/mol. The van der Waals surface area contributed by atoms with Crippen molar-refractivity contribution in [2.75, 3.05) is 24.4 Å². The van der Waals surface area contributed by atoms with Crippen LogP contribution in [-0.2, 0) is 16.1 Å². The lowest BCUT2D eigenvalue weighted by molar-refractivity contribution is -0.116. The van der Waals surface area contributed by atoms with Gasteiger partial charge in [0.2, 0.25) is 5.91 Å². The van der Waals surface area contributed by atoms with E-state index in [1.807, 2.05) is 6.26 Å². The van der Waals surface area contributed by atoms with Crippen LogP contribution in [0, 0.1) is 0 Å². The van der Waals surface area contributed by atoms with Gasteiger partial charge < -0.3 is 15.2 Å². The molecule has 2 N–H and O–H groups in total. The Bertz CT molecular complexity index is 476. The summed E-state index contributed by atoms with van der Waals surface area (Å²) >= 11 is 1.69. The van der Waals surface area contributed by atoms with Gasteiger partial charge in [-0.1, -0.05) is 0 Å². The highest BCUT2D eigenvalue weighted by atomic mass is 32.2. The number of hydrogen-bond donors (Lipinski definition) is 2. The zero-order valence-corrected chi connectivity index (χ0v) is 12.5. The molecule has 0 aromatic heterocycles. The van der Waals surface area contributed by atoms with E-state index in [9.17, 15) is 9.59 Å². The second kappa shape index (κ2) is 8.60. The lowest BCUT2D eigenvalue weighted by atomic mass is 10.1. The number of carboxylic acids is 1. The van der Waals surface area contributed by atoms with Crippen molar-refractivity contribution >= 4 is 29.3 Å². The number of benzene rings is 1. The summed E-state index contributed by atoms with van der Waals surface area (Å²) in [4.78, 5) is 22.8. The fourth-order valence-corrected chi connectivity index (χ4v) is 2.17. The second-order valence-electron chi connectivity index (χ2n) is 4.30. The molecule has 0 aliphatic rings. The van der Waals surface area contributed by atoms with Crippen LogP contribution in [0.1, 0.15) is 28.8 Å². The number of methoxy groups -OCH3 is 1. The number of thioether (sulfide) groups is 1. The van der Waals surface area contributed by atoms with Crippen LogP contribution in [0.25, 0.3) is 0 Å². The molecule has 0 spiro atoms. The van der Waals surface area contributed by atoms with Crippen LogP contribution in [0.5, 0.6) is 0 Å². The Morgan fingerprint density at radius 2 is 2.10 bits per heavy atom. The van der Waals surface area contributed by atoms with Gasteiger partial charge in [-0.15, -0.1) is 0 Å². The maximum Gasteiger partial charge on any atom is 0.335 e. The van der Waals surface area contributed by atoms with E-state index in [0.29, 0.717) is 24.3 Å². The van der Waals surface area contributed by atoms with Gasteiger partial charge in [0.1, 0.15) is 0 Å². The van der Waals surface area contributed by atoms with Gasteiger partial charge in [-0.2, -0.15) is 11.8 Å². The molecule has 0 atom stereocenters. The lowest BCUT2D eigenvalue weighted by Crippen LogP contribution is -2.12. The van der Waals surface area contributed by atoms with Crippen LogP contribution in [0.2, 0.25) is 0 Å². The number of anilines is 1. The molecule has 6 heteroatoms. The third-order valence-electron chi connectivity index (χ3n) is 2.59. The van der Waals surface area contributed by atoms with Crippen LogP contribution in [0.4, 0.5) is 5.69 Å². The lowest BCUT2D eigenvalue weighted by Gasteiger charge is -2.09. The molecule has 0 saturated carbocycles. The van der Waals surface area contributed by atoms with Crippen molar-refractivity contribution in [1.82, 2.24) is 0 Å². The number of nitrogens with one attached hydrogen (secondary N) is 1. The first-order chi connectivity index (χ1) is 9.56. The molecule has 1 amide bonds. The summed E-state index contributed by atoms with van der Waals surface area (Å²) in [6.07, 6.45) is 3.22. The molecule has 0 aliphatic heterocycles. The number of carbonyl (C=O) groups excluding carboxylic acids is 1. The Balaban J connectivity index is 2.77. The summed E-state index contributed by atoms with van der Waals surface area (Å²) in [5.41, 5.74) is 1.34. The molecule has 1 rings (SSSR count). The summed E-state index contributed by atoms with van der Waals surface area (Å²) in [7, 11) is 1.54. The normalized spacial score (nSPS) is 10.3. The average molecular weight is 297 g/mol. The van der Waals surface area contributed by atoms with Crippen LogP contribution in [0.3, 0.4) is 0 Å². The van der Waals surface area contributed by atoms with E-state index in [1.54, 1.807) is 17.8 Å². The standard InChI is InChI=1S/C14H19NO4S/c1-19-9-10-6-11(14(17)18)8-12(7-10)15-13(16)4-3-5-20-2/h6-8H,3-5,9H2,1-2H3,(H,15,16)(H,17,18). The van der Waals surface area contributed by atoms with Gasteiger partial charge in [0.15, 0.2) is 0 Å². The number of carboxylic acid groups (broad SMARTS) is 1. The number of carbonyl (C=O) groups is 2. The maximum atomic E-state index is 11.7. The summed E-state index contributed by atoms with van der Waals surface area (Å²) in [5, 5.41) is 11.8. The summed E-state index contributed by atoms with van der Waals surface area (Å²) in [6.45, 7) is 0.302. The van der Waals surface area contributed by atoms with Crippen LogP contribution >= 0.6 is 11.8 Å². The van der Waals surface area contributed by atoms with Gasteiger partial charge in [0.05, 0.1) is 12.2 Å². The maximum absolute atomic E-state index is 11.7. The quantitative estimate of drug-likeness (QED) is 0.721. The van der Waals surface area contributed by atoms with Gasteiger partial charge in [0.25, 0.3) is 0 Å². The van der Waals surface area contributed by atoms with Gasteiger partial charge in [-0.3, -0.25) is 4.79 Å². The monoisotopic (exact) mass is 297 g/mol. The van der Waals surface area contributed by atoms with Crippen molar-refractivity contribution in [3.05, 3.63) is 29.3 Å². The minimum absolute atomic E-state index is 0.107. The van der Waals surface area contributed by atoms with E-state index in [1.165, 1.54) is 19.2 Å². The Hall–Kier alpha value is -1.53. The topological polar surface area (TPSA) is 75.6 Å². The highest BCUT2D eigenvalue weighted by molar-refractivity contribution is 7.98. The molecule has 0 saturated heterocycles. The van der Waals surface area contributed by atoms with Gasteiger partial charge in [-0.05, 0) is 42.2 Å². The van der Waals surface area contributed by atoms with Crippen molar-refractivity contribution in [1.29, 1.82) is 0 Å². The third kappa shape index (κ3) is 5.63. The van der Waals surface area contributed by atoms with Crippen molar-refractivity contribution in [2.24, 2.45) is 0 Å². The molecule has 5 nitrogen and oxygen atoms in total. The van der Waals surface area contributed by atoms with Crippen LogP contribution < -0.4 is 5.32 Å². The number of ether oxygens (including phenoxy) is 1. The van der Waals surface area contributed by atoms with Crippen molar-refractivity contribution in [3.8, 4) is 0 Å². The summed E-state index contributed by atoms with van der Waals surface area (Å²) < 4.78 is 4.99. The second-order valence-corrected chi connectivity index (χ2v) is 5.29. The zero-order valence-electron chi connectivity index (χ0n) is 11.6. The van der Waals surface area contributed by atoms with E-state index in [-0.39, 0.29) is 11.5 Å². The first kappa shape index (κ1) is 16.5. The summed E-state index contributed by atoms with van der Waals surface area (Å²) in [6, 6.07) is 4.71. The molecule has 0 fully saturated rings. The predicted octanol–water partition coefficient (Wildman–Crippen LogP) is 2.61. The zero-order chi connectivity index (χ0) is 15.0. The van der Waals surface area contributed by atoms with Crippen molar-refractivity contribution < 1.29 is 19.4 Å². The van der Waals surface area contributed by atoms with Gasteiger partial charge in [-0.25, -0.2) is 4.79 Å². The first-order valence-electron chi connectivity index (χ1n) is 6.21. The summed E-state index contributed by atoms with van der Waals surface area (Å²) in [5.74, 6) is -0.205. The van der Waals surface area contributed by atoms with Gasteiger partial charge in [0, 0.05) is 19.2 Å².